The van der Waals surface area contributed by atoms with E-state index in [9.17, 15) is 4.79 Å². The van der Waals surface area contributed by atoms with Crippen molar-refractivity contribution in [2.75, 3.05) is 26.2 Å². The number of likely N-dealkylation sites (tertiary alicyclic amines) is 2. The number of hydrogen-bond acceptors (Lipinski definition) is 3. The van der Waals surface area contributed by atoms with Crippen LogP contribution in [0.5, 0.6) is 0 Å². The first-order valence-electron chi connectivity index (χ1n) is 7.88. The molecule has 110 valence electrons. The van der Waals surface area contributed by atoms with Crippen LogP contribution in [0.4, 0.5) is 0 Å². The number of carbonyl (C=O) groups excluding carboxylic acids is 1. The Morgan fingerprint density at radius 2 is 1.74 bits per heavy atom. The minimum Gasteiger partial charge on any atom is -0.341 e. The number of rotatable bonds is 3. The van der Waals surface area contributed by atoms with Crippen molar-refractivity contribution in [1.82, 2.24) is 9.80 Å². The highest BCUT2D eigenvalue weighted by atomic mass is 16.2. The summed E-state index contributed by atoms with van der Waals surface area (Å²) in [5.74, 6) is 0.881. The molecule has 0 bridgehead atoms. The molecule has 0 saturated carbocycles. The molecular formula is C15H29N3O. The normalized spacial score (nSPS) is 29.0. The van der Waals surface area contributed by atoms with E-state index in [4.69, 9.17) is 5.73 Å². The van der Waals surface area contributed by atoms with Crippen LogP contribution in [0.2, 0.25) is 0 Å². The third-order valence-corrected chi connectivity index (χ3v) is 4.82. The Balaban J connectivity index is 1.88. The van der Waals surface area contributed by atoms with Gasteiger partial charge in [0, 0.05) is 25.7 Å². The van der Waals surface area contributed by atoms with Crippen molar-refractivity contribution in [2.45, 2.75) is 58.0 Å². The Kier molecular flexibility index (Phi) is 5.22. The zero-order valence-electron chi connectivity index (χ0n) is 12.5. The molecule has 3 unspecified atom stereocenters. The quantitative estimate of drug-likeness (QED) is 0.842. The van der Waals surface area contributed by atoms with Crippen LogP contribution in [0.1, 0.15) is 46.0 Å². The van der Waals surface area contributed by atoms with Gasteiger partial charge in [-0.25, -0.2) is 0 Å². The summed E-state index contributed by atoms with van der Waals surface area (Å²) in [5, 5.41) is 0. The lowest BCUT2D eigenvalue weighted by molar-refractivity contribution is -0.136. The minimum atomic E-state index is 0.0295. The second-order valence-corrected chi connectivity index (χ2v) is 6.32. The van der Waals surface area contributed by atoms with E-state index in [1.165, 1.54) is 25.7 Å². The molecule has 2 heterocycles. The highest BCUT2D eigenvalue weighted by Crippen LogP contribution is 2.22. The Labute approximate surface area is 117 Å². The molecule has 0 radical (unpaired) electrons. The maximum Gasteiger partial charge on any atom is 0.239 e. The van der Waals surface area contributed by atoms with Crippen LogP contribution >= 0.6 is 0 Å². The molecule has 1 amide bonds. The standard InChI is InChI=1S/C15H29N3O/c1-12(16)14-7-10-18(11-14)13(2)15(19)17-8-5-3-4-6-9-17/h12-14H,3-11,16H2,1-2H3. The molecule has 3 atom stereocenters. The third-order valence-electron chi connectivity index (χ3n) is 4.82. The Morgan fingerprint density at radius 3 is 2.26 bits per heavy atom. The van der Waals surface area contributed by atoms with Gasteiger partial charge in [0.05, 0.1) is 6.04 Å². The molecule has 0 aromatic heterocycles. The van der Waals surface area contributed by atoms with Crippen LogP contribution in [0, 0.1) is 5.92 Å². The van der Waals surface area contributed by atoms with Crippen LogP contribution < -0.4 is 5.73 Å². The van der Waals surface area contributed by atoms with Crippen LogP contribution in [0.3, 0.4) is 0 Å². The molecule has 2 N–H and O–H groups in total. The molecule has 0 aliphatic carbocycles. The monoisotopic (exact) mass is 267 g/mol. The van der Waals surface area contributed by atoms with Gasteiger partial charge in [0.15, 0.2) is 0 Å². The highest BCUT2D eigenvalue weighted by molar-refractivity contribution is 5.81. The second kappa shape index (κ2) is 6.71. The van der Waals surface area contributed by atoms with E-state index in [2.05, 4.69) is 23.6 Å². The average Bonchev–Trinajstić information content (AvgIpc) is 2.73. The van der Waals surface area contributed by atoms with Gasteiger partial charge in [-0.2, -0.15) is 0 Å². The number of amides is 1. The molecule has 0 aromatic carbocycles. The van der Waals surface area contributed by atoms with E-state index in [1.54, 1.807) is 0 Å². The van der Waals surface area contributed by atoms with Crippen molar-refractivity contribution in [1.29, 1.82) is 0 Å². The lowest BCUT2D eigenvalue weighted by atomic mass is 10.0. The maximum atomic E-state index is 12.6. The van der Waals surface area contributed by atoms with Crippen molar-refractivity contribution >= 4 is 5.91 Å². The third kappa shape index (κ3) is 3.69. The number of carbonyl (C=O) groups is 1. The number of hydrogen-bond donors (Lipinski definition) is 1. The van der Waals surface area contributed by atoms with Crippen molar-refractivity contribution in [2.24, 2.45) is 11.7 Å². The Hall–Kier alpha value is -0.610. The zero-order chi connectivity index (χ0) is 13.8. The molecule has 2 rings (SSSR count). The van der Waals surface area contributed by atoms with Crippen molar-refractivity contribution in [3.63, 3.8) is 0 Å². The van der Waals surface area contributed by atoms with Gasteiger partial charge < -0.3 is 10.6 Å². The second-order valence-electron chi connectivity index (χ2n) is 6.32. The lowest BCUT2D eigenvalue weighted by Crippen LogP contribution is -2.47. The van der Waals surface area contributed by atoms with E-state index in [-0.39, 0.29) is 12.1 Å². The molecule has 0 aromatic rings. The van der Waals surface area contributed by atoms with E-state index < -0.39 is 0 Å². The molecule has 19 heavy (non-hydrogen) atoms. The molecule has 4 heteroatoms. The first-order valence-corrected chi connectivity index (χ1v) is 7.88. The van der Waals surface area contributed by atoms with Gasteiger partial charge in [-0.05, 0) is 45.6 Å². The molecule has 2 saturated heterocycles. The summed E-state index contributed by atoms with van der Waals surface area (Å²) >= 11 is 0. The fourth-order valence-electron chi connectivity index (χ4n) is 3.31. The maximum absolute atomic E-state index is 12.6. The predicted molar refractivity (Wildman–Crippen MR) is 77.8 cm³/mol. The molecule has 2 fully saturated rings. The number of nitrogens with zero attached hydrogens (tertiary/aromatic N) is 2. The molecular weight excluding hydrogens is 238 g/mol. The zero-order valence-corrected chi connectivity index (χ0v) is 12.5. The molecule has 2 aliphatic rings. The largest absolute Gasteiger partial charge is 0.341 e. The van der Waals surface area contributed by atoms with Crippen LogP contribution in [-0.2, 0) is 4.79 Å². The smallest absolute Gasteiger partial charge is 0.239 e. The summed E-state index contributed by atoms with van der Waals surface area (Å²) in [6, 6.07) is 0.271. The summed E-state index contributed by atoms with van der Waals surface area (Å²) in [6.07, 6.45) is 6.01. The highest BCUT2D eigenvalue weighted by Gasteiger charge is 2.33. The van der Waals surface area contributed by atoms with Crippen molar-refractivity contribution in [3.8, 4) is 0 Å². The minimum absolute atomic E-state index is 0.0295. The predicted octanol–water partition coefficient (Wildman–Crippen LogP) is 1.45. The van der Waals surface area contributed by atoms with Gasteiger partial charge in [-0.1, -0.05) is 12.8 Å². The fraction of sp³-hybridized carbons (Fsp3) is 0.933. The molecule has 2 aliphatic heterocycles. The van der Waals surface area contributed by atoms with Crippen molar-refractivity contribution in [3.05, 3.63) is 0 Å². The average molecular weight is 267 g/mol. The van der Waals surface area contributed by atoms with E-state index in [1.807, 2.05) is 0 Å². The van der Waals surface area contributed by atoms with Crippen LogP contribution in [0.25, 0.3) is 0 Å². The van der Waals surface area contributed by atoms with Crippen LogP contribution in [0.15, 0.2) is 0 Å². The van der Waals surface area contributed by atoms with Gasteiger partial charge in [-0.15, -0.1) is 0 Å². The van der Waals surface area contributed by atoms with Gasteiger partial charge in [0.2, 0.25) is 5.91 Å². The Morgan fingerprint density at radius 1 is 1.11 bits per heavy atom. The van der Waals surface area contributed by atoms with E-state index in [0.717, 1.165) is 32.6 Å². The van der Waals surface area contributed by atoms with Crippen LogP contribution in [-0.4, -0.2) is 54.0 Å². The van der Waals surface area contributed by atoms with E-state index in [0.29, 0.717) is 11.8 Å². The SMILES string of the molecule is CC(N)C1CCN(C(C)C(=O)N2CCCCCC2)C1. The Bertz CT molecular complexity index is 298. The fourth-order valence-corrected chi connectivity index (χ4v) is 3.31. The van der Waals surface area contributed by atoms with Gasteiger partial charge >= 0.3 is 0 Å². The van der Waals surface area contributed by atoms with Crippen molar-refractivity contribution < 1.29 is 4.79 Å². The van der Waals surface area contributed by atoms with Gasteiger partial charge in [0.25, 0.3) is 0 Å². The molecule has 4 nitrogen and oxygen atoms in total. The van der Waals surface area contributed by atoms with Gasteiger partial charge in [0.1, 0.15) is 0 Å². The summed E-state index contributed by atoms with van der Waals surface area (Å²) in [7, 11) is 0. The van der Waals surface area contributed by atoms with E-state index >= 15 is 0 Å². The first-order chi connectivity index (χ1) is 9.09. The summed E-state index contributed by atoms with van der Waals surface area (Å²) in [4.78, 5) is 17.0. The topological polar surface area (TPSA) is 49.6 Å². The summed E-state index contributed by atoms with van der Waals surface area (Å²) in [5.41, 5.74) is 5.98. The summed E-state index contributed by atoms with van der Waals surface area (Å²) in [6.45, 7) is 8.05. The lowest BCUT2D eigenvalue weighted by Gasteiger charge is -2.30. The molecule has 0 spiro atoms. The summed E-state index contributed by atoms with van der Waals surface area (Å²) < 4.78 is 0. The number of nitrogens with two attached hydrogens (primary N) is 1. The van der Waals surface area contributed by atoms with Gasteiger partial charge in [-0.3, -0.25) is 9.69 Å². The first kappa shape index (κ1) is 14.8.